The first-order valence-corrected chi connectivity index (χ1v) is 5.44. The number of carbonyl (C=O) groups excluding carboxylic acids is 1. The predicted octanol–water partition coefficient (Wildman–Crippen LogP) is 0.440. The Kier molecular flexibility index (Phi) is 4.87. The van der Waals surface area contributed by atoms with Gasteiger partial charge in [-0.15, -0.1) is 0 Å². The molecule has 0 spiro atoms. The summed E-state index contributed by atoms with van der Waals surface area (Å²) in [6.07, 6.45) is -0.554. The SMILES string of the molecule is O=C(O)CC[C@H](NC(=O)c1ccc(O)cc1)C(=O)O. The average molecular weight is 267 g/mol. The number of aliphatic carboxylic acids is 2. The lowest BCUT2D eigenvalue weighted by molar-refractivity contribution is -0.140. The van der Waals surface area contributed by atoms with Gasteiger partial charge in [0.25, 0.3) is 5.91 Å². The molecule has 102 valence electrons. The maximum atomic E-state index is 11.7. The smallest absolute Gasteiger partial charge is 0.326 e. The van der Waals surface area contributed by atoms with Crippen LogP contribution in [0.25, 0.3) is 0 Å². The molecule has 0 radical (unpaired) electrons. The van der Waals surface area contributed by atoms with Crippen LogP contribution in [0.3, 0.4) is 0 Å². The fraction of sp³-hybridized carbons (Fsp3) is 0.250. The van der Waals surface area contributed by atoms with E-state index in [1.165, 1.54) is 24.3 Å². The minimum atomic E-state index is -1.30. The van der Waals surface area contributed by atoms with Crippen LogP contribution in [0.4, 0.5) is 0 Å². The number of phenolic OH excluding ortho intramolecular Hbond substituents is 1. The van der Waals surface area contributed by atoms with Gasteiger partial charge < -0.3 is 20.6 Å². The fourth-order valence-corrected chi connectivity index (χ4v) is 1.38. The van der Waals surface area contributed by atoms with Gasteiger partial charge in [-0.2, -0.15) is 0 Å². The molecule has 1 aromatic carbocycles. The van der Waals surface area contributed by atoms with Gasteiger partial charge in [0.15, 0.2) is 0 Å². The summed E-state index contributed by atoms with van der Waals surface area (Å²) < 4.78 is 0. The third-order valence-corrected chi connectivity index (χ3v) is 2.38. The molecule has 0 fully saturated rings. The van der Waals surface area contributed by atoms with E-state index in [1.54, 1.807) is 0 Å². The number of carboxylic acids is 2. The second kappa shape index (κ2) is 6.39. The summed E-state index contributed by atoms with van der Waals surface area (Å²) in [4.78, 5) is 33.0. The van der Waals surface area contributed by atoms with Crippen molar-refractivity contribution in [3.05, 3.63) is 29.8 Å². The Morgan fingerprint density at radius 3 is 2.16 bits per heavy atom. The van der Waals surface area contributed by atoms with Gasteiger partial charge in [-0.05, 0) is 30.7 Å². The molecule has 7 nitrogen and oxygen atoms in total. The lowest BCUT2D eigenvalue weighted by atomic mass is 10.1. The molecule has 0 aromatic heterocycles. The van der Waals surface area contributed by atoms with Gasteiger partial charge in [-0.1, -0.05) is 0 Å². The van der Waals surface area contributed by atoms with E-state index < -0.39 is 23.9 Å². The van der Waals surface area contributed by atoms with Crippen molar-refractivity contribution in [2.75, 3.05) is 0 Å². The molecular formula is C12H13NO6. The third kappa shape index (κ3) is 4.66. The molecule has 1 amide bonds. The highest BCUT2D eigenvalue weighted by molar-refractivity contribution is 5.96. The van der Waals surface area contributed by atoms with Crippen molar-refractivity contribution in [1.82, 2.24) is 5.32 Å². The van der Waals surface area contributed by atoms with Gasteiger partial charge in [-0.3, -0.25) is 9.59 Å². The Labute approximate surface area is 108 Å². The molecule has 1 aromatic rings. The summed E-state index contributed by atoms with van der Waals surface area (Å²) in [5.74, 6) is -3.09. The quantitative estimate of drug-likeness (QED) is 0.593. The van der Waals surface area contributed by atoms with Crippen molar-refractivity contribution in [3.8, 4) is 5.75 Å². The number of benzene rings is 1. The molecule has 0 heterocycles. The first-order valence-electron chi connectivity index (χ1n) is 5.44. The lowest BCUT2D eigenvalue weighted by Crippen LogP contribution is -2.41. The third-order valence-electron chi connectivity index (χ3n) is 2.38. The first-order chi connectivity index (χ1) is 8.90. The minimum Gasteiger partial charge on any atom is -0.508 e. The van der Waals surface area contributed by atoms with E-state index in [-0.39, 0.29) is 24.2 Å². The fourth-order valence-electron chi connectivity index (χ4n) is 1.38. The number of hydrogen-bond acceptors (Lipinski definition) is 4. The number of carbonyl (C=O) groups is 3. The highest BCUT2D eigenvalue weighted by atomic mass is 16.4. The number of aromatic hydroxyl groups is 1. The average Bonchev–Trinajstić information content (AvgIpc) is 2.34. The van der Waals surface area contributed by atoms with Crippen molar-refractivity contribution in [2.24, 2.45) is 0 Å². The van der Waals surface area contributed by atoms with Crippen LogP contribution in [-0.4, -0.2) is 39.2 Å². The van der Waals surface area contributed by atoms with Crippen molar-refractivity contribution < 1.29 is 29.7 Å². The van der Waals surface area contributed by atoms with Crippen molar-refractivity contribution in [3.63, 3.8) is 0 Å². The van der Waals surface area contributed by atoms with Gasteiger partial charge in [0.1, 0.15) is 11.8 Å². The zero-order valence-electron chi connectivity index (χ0n) is 9.87. The topological polar surface area (TPSA) is 124 Å². The largest absolute Gasteiger partial charge is 0.508 e. The molecule has 0 saturated carbocycles. The lowest BCUT2D eigenvalue weighted by Gasteiger charge is -2.13. The van der Waals surface area contributed by atoms with E-state index in [4.69, 9.17) is 15.3 Å². The van der Waals surface area contributed by atoms with Crippen LogP contribution in [0.1, 0.15) is 23.2 Å². The molecule has 0 bridgehead atoms. The number of hydrogen-bond donors (Lipinski definition) is 4. The Morgan fingerprint density at radius 1 is 1.11 bits per heavy atom. The molecule has 4 N–H and O–H groups in total. The van der Waals surface area contributed by atoms with E-state index >= 15 is 0 Å². The number of nitrogens with one attached hydrogen (secondary N) is 1. The van der Waals surface area contributed by atoms with Crippen LogP contribution in [0, 0.1) is 0 Å². The molecule has 1 rings (SSSR count). The van der Waals surface area contributed by atoms with Crippen LogP contribution in [0.2, 0.25) is 0 Å². The second-order valence-corrected chi connectivity index (χ2v) is 3.84. The van der Waals surface area contributed by atoms with Gasteiger partial charge in [-0.25, -0.2) is 4.79 Å². The van der Waals surface area contributed by atoms with E-state index in [2.05, 4.69) is 5.32 Å². The maximum absolute atomic E-state index is 11.7. The number of phenols is 1. The monoisotopic (exact) mass is 267 g/mol. The Bertz CT molecular complexity index is 481. The number of rotatable bonds is 6. The Balaban J connectivity index is 2.68. The summed E-state index contributed by atoms with van der Waals surface area (Å²) in [7, 11) is 0. The first kappa shape index (κ1) is 14.5. The van der Waals surface area contributed by atoms with Crippen LogP contribution in [0.5, 0.6) is 5.75 Å². The minimum absolute atomic E-state index is 0.0165. The van der Waals surface area contributed by atoms with Crippen molar-refractivity contribution in [2.45, 2.75) is 18.9 Å². The molecule has 19 heavy (non-hydrogen) atoms. The summed E-state index contributed by atoms with van der Waals surface area (Å²) >= 11 is 0. The van der Waals surface area contributed by atoms with E-state index in [0.29, 0.717) is 0 Å². The van der Waals surface area contributed by atoms with Crippen LogP contribution >= 0.6 is 0 Å². The molecule has 0 aliphatic rings. The standard InChI is InChI=1S/C12H13NO6/c14-8-3-1-7(2-4-8)11(17)13-9(12(18)19)5-6-10(15)16/h1-4,9,14H,5-6H2,(H,13,17)(H,15,16)(H,18,19)/t9-/m0/s1. The molecule has 0 saturated heterocycles. The Hall–Kier alpha value is -2.57. The summed E-state index contributed by atoms with van der Waals surface area (Å²) in [6.45, 7) is 0. The van der Waals surface area contributed by atoms with Crippen molar-refractivity contribution in [1.29, 1.82) is 0 Å². The molecule has 7 heteroatoms. The van der Waals surface area contributed by atoms with Gasteiger partial charge in [0, 0.05) is 12.0 Å². The van der Waals surface area contributed by atoms with Gasteiger partial charge in [0.2, 0.25) is 0 Å². The molecule has 0 aliphatic carbocycles. The highest BCUT2D eigenvalue weighted by Crippen LogP contribution is 2.10. The molecular weight excluding hydrogens is 254 g/mol. The molecule has 0 unspecified atom stereocenters. The van der Waals surface area contributed by atoms with Gasteiger partial charge >= 0.3 is 11.9 Å². The molecule has 0 aliphatic heterocycles. The predicted molar refractivity (Wildman–Crippen MR) is 63.9 cm³/mol. The Morgan fingerprint density at radius 2 is 1.68 bits per heavy atom. The van der Waals surface area contributed by atoms with Crippen molar-refractivity contribution >= 4 is 17.8 Å². The summed E-state index contributed by atoms with van der Waals surface area (Å²) in [5, 5.41) is 28.7. The van der Waals surface area contributed by atoms with Crippen LogP contribution in [0.15, 0.2) is 24.3 Å². The zero-order valence-corrected chi connectivity index (χ0v) is 9.87. The summed E-state index contributed by atoms with van der Waals surface area (Å²) in [6, 6.07) is 3.99. The number of amides is 1. The highest BCUT2D eigenvalue weighted by Gasteiger charge is 2.21. The van der Waals surface area contributed by atoms with Crippen LogP contribution in [-0.2, 0) is 9.59 Å². The van der Waals surface area contributed by atoms with Gasteiger partial charge in [0.05, 0.1) is 0 Å². The van der Waals surface area contributed by atoms with E-state index in [1.807, 2.05) is 0 Å². The maximum Gasteiger partial charge on any atom is 0.326 e. The van der Waals surface area contributed by atoms with Crippen LogP contribution < -0.4 is 5.32 Å². The zero-order chi connectivity index (χ0) is 14.4. The second-order valence-electron chi connectivity index (χ2n) is 3.84. The van der Waals surface area contributed by atoms with E-state index in [0.717, 1.165) is 0 Å². The van der Waals surface area contributed by atoms with E-state index in [9.17, 15) is 14.4 Å². The molecule has 1 atom stereocenters. The normalized spacial score (nSPS) is 11.6. The summed E-state index contributed by atoms with van der Waals surface area (Å²) in [5.41, 5.74) is 0.180. The number of carboxylic acid groups (broad SMARTS) is 2.